The molecule has 10 aromatic rings. The fraction of sp³-hybridized carbons (Fsp3) is 0.0400. The molecule has 0 N–H and O–H groups in total. The van der Waals surface area contributed by atoms with Crippen LogP contribution in [0.5, 0.6) is 0 Å². The van der Waals surface area contributed by atoms with E-state index in [1.54, 1.807) is 0 Å². The molecule has 54 heavy (non-hydrogen) atoms. The van der Waals surface area contributed by atoms with Crippen molar-refractivity contribution in [1.82, 2.24) is 9.13 Å². The van der Waals surface area contributed by atoms with E-state index in [2.05, 4.69) is 227 Å². The number of aryl methyl sites for hydroxylation is 2. The topological polar surface area (TPSA) is 16.3 Å². The van der Waals surface area contributed by atoms with Crippen molar-refractivity contribution in [2.45, 2.75) is 0 Å². The van der Waals surface area contributed by atoms with Crippen LogP contribution in [0.15, 0.2) is 194 Å². The van der Waals surface area contributed by atoms with Crippen LogP contribution in [0.3, 0.4) is 0 Å². The minimum Gasteiger partial charge on any atom is -0.344 e. The number of rotatable bonds is 7. The smallest absolute Gasteiger partial charge is 0.0509 e. The molecule has 2 aromatic heterocycles. The molecule has 0 amide bonds. The molecule has 0 aliphatic carbocycles. The number of benzene rings is 8. The Kier molecular flexibility index (Phi) is 7.55. The highest BCUT2D eigenvalue weighted by Crippen LogP contribution is 2.41. The standard InChI is InChI=1S/C50H38N4/c1-51-47-29-23-35(31-45(47)43-27-25-41(33-49(43)51)53(37-15-7-3-8-16-37)38-17-9-4-10-18-38)36-24-30-48-46(32-36)44-28-26-42(34-50(44)52(48)2)54(39-19-11-5-12-20-39)40-21-13-6-14-22-40/h3-34H,1-2H3. The molecule has 0 bridgehead atoms. The number of para-hydroxylation sites is 4. The molecule has 0 aliphatic rings. The largest absolute Gasteiger partial charge is 0.344 e. The summed E-state index contributed by atoms with van der Waals surface area (Å²) in [6.07, 6.45) is 0. The fourth-order valence-corrected chi connectivity index (χ4v) is 8.24. The lowest BCUT2D eigenvalue weighted by Gasteiger charge is -2.25. The third-order valence-corrected chi connectivity index (χ3v) is 10.9. The van der Waals surface area contributed by atoms with Crippen molar-refractivity contribution in [3.8, 4) is 11.1 Å². The normalized spacial score (nSPS) is 11.5. The monoisotopic (exact) mass is 694 g/mol. The summed E-state index contributed by atoms with van der Waals surface area (Å²) in [6.45, 7) is 0. The molecule has 0 saturated heterocycles. The van der Waals surface area contributed by atoms with Crippen LogP contribution in [0.1, 0.15) is 0 Å². The summed E-state index contributed by atoms with van der Waals surface area (Å²) in [5.41, 5.74) is 14.1. The van der Waals surface area contributed by atoms with E-state index < -0.39 is 0 Å². The van der Waals surface area contributed by atoms with Gasteiger partial charge in [0.1, 0.15) is 0 Å². The number of hydrogen-bond donors (Lipinski definition) is 0. The lowest BCUT2D eigenvalue weighted by atomic mass is 10.0. The summed E-state index contributed by atoms with van der Waals surface area (Å²) in [4.78, 5) is 4.65. The third kappa shape index (κ3) is 5.22. The van der Waals surface area contributed by atoms with Crippen molar-refractivity contribution in [3.05, 3.63) is 194 Å². The van der Waals surface area contributed by atoms with Gasteiger partial charge in [0.25, 0.3) is 0 Å². The van der Waals surface area contributed by atoms with Crippen molar-refractivity contribution < 1.29 is 0 Å². The summed E-state index contributed by atoms with van der Waals surface area (Å²) < 4.78 is 4.65. The molecule has 0 fully saturated rings. The summed E-state index contributed by atoms with van der Waals surface area (Å²) in [6, 6.07) is 69.9. The minimum atomic E-state index is 1.13. The number of anilines is 6. The first-order valence-electron chi connectivity index (χ1n) is 18.5. The van der Waals surface area contributed by atoms with Crippen LogP contribution in [0.2, 0.25) is 0 Å². The van der Waals surface area contributed by atoms with Gasteiger partial charge in [-0.05, 0) is 108 Å². The molecule has 0 radical (unpaired) electrons. The summed E-state index contributed by atoms with van der Waals surface area (Å²) in [5.74, 6) is 0. The lowest BCUT2D eigenvalue weighted by Crippen LogP contribution is -2.09. The predicted molar refractivity (Wildman–Crippen MR) is 229 cm³/mol. The molecule has 258 valence electrons. The molecule has 0 atom stereocenters. The SMILES string of the molecule is Cn1c2ccc(-c3ccc4c(c3)c3ccc(N(c5ccccc5)c5ccccc5)cc3n4C)cc2c2ccc(N(c3ccccc3)c3ccccc3)cc21. The zero-order valence-electron chi connectivity index (χ0n) is 30.3. The van der Waals surface area contributed by atoms with E-state index in [1.165, 1.54) is 54.7 Å². The summed E-state index contributed by atoms with van der Waals surface area (Å²) in [7, 11) is 4.35. The summed E-state index contributed by atoms with van der Waals surface area (Å²) >= 11 is 0. The summed E-state index contributed by atoms with van der Waals surface area (Å²) in [5, 5.41) is 5.01. The molecular weight excluding hydrogens is 657 g/mol. The molecule has 8 aromatic carbocycles. The first-order valence-corrected chi connectivity index (χ1v) is 18.5. The number of hydrogen-bond acceptors (Lipinski definition) is 2. The molecule has 0 spiro atoms. The van der Waals surface area contributed by atoms with Gasteiger partial charge in [0.2, 0.25) is 0 Å². The molecule has 4 heteroatoms. The van der Waals surface area contributed by atoms with E-state index in [0.29, 0.717) is 0 Å². The zero-order chi connectivity index (χ0) is 36.2. The van der Waals surface area contributed by atoms with Crippen LogP contribution in [-0.4, -0.2) is 9.13 Å². The Balaban J connectivity index is 1.06. The Hall–Kier alpha value is -7.04. The maximum atomic E-state index is 2.37. The van der Waals surface area contributed by atoms with Crippen molar-refractivity contribution >= 4 is 77.7 Å². The van der Waals surface area contributed by atoms with Crippen LogP contribution >= 0.6 is 0 Å². The van der Waals surface area contributed by atoms with Gasteiger partial charge in [0.15, 0.2) is 0 Å². The van der Waals surface area contributed by atoms with E-state index in [-0.39, 0.29) is 0 Å². The number of fused-ring (bicyclic) bond motifs is 6. The van der Waals surface area contributed by atoms with Crippen LogP contribution < -0.4 is 9.80 Å². The van der Waals surface area contributed by atoms with Crippen LogP contribution in [0, 0.1) is 0 Å². The molecule has 4 nitrogen and oxygen atoms in total. The molecule has 0 aliphatic heterocycles. The average Bonchev–Trinajstić information content (AvgIpc) is 3.68. The van der Waals surface area contributed by atoms with Crippen molar-refractivity contribution in [2.24, 2.45) is 14.1 Å². The molecular formula is C50H38N4. The van der Waals surface area contributed by atoms with Crippen LogP contribution in [0.25, 0.3) is 54.7 Å². The minimum absolute atomic E-state index is 1.13. The average molecular weight is 695 g/mol. The van der Waals surface area contributed by atoms with Crippen molar-refractivity contribution in [2.75, 3.05) is 9.80 Å². The van der Waals surface area contributed by atoms with Crippen molar-refractivity contribution in [1.29, 1.82) is 0 Å². The van der Waals surface area contributed by atoms with E-state index in [9.17, 15) is 0 Å². The predicted octanol–water partition coefficient (Wildman–Crippen LogP) is 13.6. The highest BCUT2D eigenvalue weighted by atomic mass is 15.1. The Morgan fingerprint density at radius 2 is 0.611 bits per heavy atom. The van der Waals surface area contributed by atoms with Gasteiger partial charge in [0, 0.05) is 80.8 Å². The lowest BCUT2D eigenvalue weighted by molar-refractivity contribution is 1.01. The van der Waals surface area contributed by atoms with E-state index in [0.717, 1.165) is 34.1 Å². The van der Waals surface area contributed by atoms with Gasteiger partial charge >= 0.3 is 0 Å². The van der Waals surface area contributed by atoms with Gasteiger partial charge in [-0.3, -0.25) is 0 Å². The molecule has 2 heterocycles. The highest BCUT2D eigenvalue weighted by molar-refractivity contribution is 6.12. The fourth-order valence-electron chi connectivity index (χ4n) is 8.24. The van der Waals surface area contributed by atoms with E-state index >= 15 is 0 Å². The van der Waals surface area contributed by atoms with Gasteiger partial charge in [-0.1, -0.05) is 97.1 Å². The van der Waals surface area contributed by atoms with Gasteiger partial charge in [-0.25, -0.2) is 0 Å². The number of nitrogens with zero attached hydrogens (tertiary/aromatic N) is 4. The third-order valence-electron chi connectivity index (χ3n) is 10.9. The van der Waals surface area contributed by atoms with Crippen LogP contribution in [0.4, 0.5) is 34.1 Å². The second-order valence-corrected chi connectivity index (χ2v) is 14.0. The second kappa shape index (κ2) is 12.9. The van der Waals surface area contributed by atoms with E-state index in [4.69, 9.17) is 0 Å². The molecule has 10 rings (SSSR count). The Bertz CT molecular complexity index is 2660. The van der Waals surface area contributed by atoms with Gasteiger partial charge in [-0.15, -0.1) is 0 Å². The van der Waals surface area contributed by atoms with Crippen molar-refractivity contribution in [3.63, 3.8) is 0 Å². The Morgan fingerprint density at radius 1 is 0.278 bits per heavy atom. The van der Waals surface area contributed by atoms with E-state index in [1.807, 2.05) is 0 Å². The Morgan fingerprint density at radius 3 is 0.944 bits per heavy atom. The first kappa shape index (κ1) is 31.7. The Labute approximate surface area is 315 Å². The van der Waals surface area contributed by atoms with Gasteiger partial charge in [-0.2, -0.15) is 0 Å². The quantitative estimate of drug-likeness (QED) is 0.165. The highest BCUT2D eigenvalue weighted by Gasteiger charge is 2.18. The van der Waals surface area contributed by atoms with Gasteiger partial charge < -0.3 is 18.9 Å². The van der Waals surface area contributed by atoms with Gasteiger partial charge in [0.05, 0.1) is 11.0 Å². The molecule has 0 saturated carbocycles. The second-order valence-electron chi connectivity index (χ2n) is 14.0. The maximum Gasteiger partial charge on any atom is 0.0509 e. The van der Waals surface area contributed by atoms with Crippen LogP contribution in [-0.2, 0) is 14.1 Å². The number of aromatic nitrogens is 2. The zero-order valence-corrected chi connectivity index (χ0v) is 30.3. The first-order chi connectivity index (χ1) is 26.6. The molecule has 0 unspecified atom stereocenters. The maximum absolute atomic E-state index is 2.37.